The molecule has 3 aromatic rings. The molecule has 2 fully saturated rings. The lowest BCUT2D eigenvalue weighted by Crippen LogP contribution is -2.61. The van der Waals surface area contributed by atoms with Gasteiger partial charge in [0, 0.05) is 42.4 Å². The van der Waals surface area contributed by atoms with Crippen LogP contribution in [0.3, 0.4) is 0 Å². The molecule has 1 saturated carbocycles. The number of esters is 1. The summed E-state index contributed by atoms with van der Waals surface area (Å²) in [5, 5.41) is 3.11. The first-order chi connectivity index (χ1) is 17.2. The minimum atomic E-state index is -3.08. The number of halogens is 2. The fraction of sp³-hybridized carbons (Fsp3) is 0.345. The number of carbonyl (C=O) groups excluding carboxylic acids is 1. The molecule has 0 amide bonds. The lowest BCUT2D eigenvalue weighted by molar-refractivity contribution is -0.153. The maximum Gasteiger partial charge on any atom is 0.332 e. The Labute approximate surface area is 209 Å². The van der Waals surface area contributed by atoms with E-state index in [2.05, 4.69) is 15.3 Å². The summed E-state index contributed by atoms with van der Waals surface area (Å²) in [5.74, 6) is -5.80. The summed E-state index contributed by atoms with van der Waals surface area (Å²) < 4.78 is 36.4. The van der Waals surface area contributed by atoms with Crippen molar-refractivity contribution < 1.29 is 18.3 Å². The van der Waals surface area contributed by atoms with E-state index < -0.39 is 47.7 Å². The molecule has 5 nitrogen and oxygen atoms in total. The van der Waals surface area contributed by atoms with Crippen LogP contribution < -0.4 is 5.32 Å². The molecule has 0 radical (unpaired) electrons. The summed E-state index contributed by atoms with van der Waals surface area (Å²) in [7, 11) is 0. The highest BCUT2D eigenvalue weighted by molar-refractivity contribution is 5.88. The predicted octanol–water partition coefficient (Wildman–Crippen LogP) is 6.17. The van der Waals surface area contributed by atoms with Crippen molar-refractivity contribution in [2.24, 2.45) is 17.8 Å². The average Bonchev–Trinajstić information content (AvgIpc) is 3.09. The molecule has 1 aliphatic heterocycles. The van der Waals surface area contributed by atoms with Crippen molar-refractivity contribution in [3.8, 4) is 11.1 Å². The molecule has 3 heterocycles. The molecule has 0 unspecified atom stereocenters. The lowest BCUT2D eigenvalue weighted by Gasteiger charge is -2.48. The Kier molecular flexibility index (Phi) is 6.10. The van der Waals surface area contributed by atoms with Gasteiger partial charge in [0.25, 0.3) is 5.92 Å². The number of aromatic nitrogens is 2. The van der Waals surface area contributed by atoms with Gasteiger partial charge in [-0.05, 0) is 55.2 Å². The van der Waals surface area contributed by atoms with Gasteiger partial charge in [-0.1, -0.05) is 43.3 Å². The van der Waals surface area contributed by atoms with Gasteiger partial charge in [0.1, 0.15) is 11.6 Å². The van der Waals surface area contributed by atoms with Gasteiger partial charge in [-0.2, -0.15) is 0 Å². The number of carbonyl (C=O) groups is 1. The molecule has 5 rings (SSSR count). The number of hydrogen-bond acceptors (Lipinski definition) is 5. The highest BCUT2D eigenvalue weighted by Gasteiger charge is 2.68. The molecule has 186 valence electrons. The van der Waals surface area contributed by atoms with Crippen LogP contribution in [-0.2, 0) is 9.53 Å². The molecule has 1 saturated heterocycles. The Morgan fingerprint density at radius 2 is 1.89 bits per heavy atom. The van der Waals surface area contributed by atoms with Crippen LogP contribution >= 0.6 is 0 Å². The highest BCUT2D eigenvalue weighted by Crippen LogP contribution is 2.56. The summed E-state index contributed by atoms with van der Waals surface area (Å²) in [6.07, 6.45) is 7.31. The number of benzene rings is 1. The van der Waals surface area contributed by atoms with Gasteiger partial charge in [-0.25, -0.2) is 13.6 Å². The van der Waals surface area contributed by atoms with E-state index in [0.29, 0.717) is 11.4 Å². The molecular weight excluding hydrogens is 460 g/mol. The van der Waals surface area contributed by atoms with Crippen LogP contribution in [0.2, 0.25) is 0 Å². The van der Waals surface area contributed by atoms with Crippen molar-refractivity contribution >= 4 is 17.7 Å². The molecule has 2 aliphatic rings. The topological polar surface area (TPSA) is 64.1 Å². The fourth-order valence-electron chi connectivity index (χ4n) is 5.77. The zero-order chi connectivity index (χ0) is 25.5. The molecule has 5 atom stereocenters. The van der Waals surface area contributed by atoms with Gasteiger partial charge in [0.15, 0.2) is 0 Å². The summed E-state index contributed by atoms with van der Waals surface area (Å²) >= 11 is 0. The lowest BCUT2D eigenvalue weighted by atomic mass is 9.60. The van der Waals surface area contributed by atoms with E-state index >= 15 is 8.78 Å². The zero-order valence-electron chi connectivity index (χ0n) is 20.5. The van der Waals surface area contributed by atoms with Gasteiger partial charge in [0.05, 0.1) is 11.4 Å². The largest absolute Gasteiger partial charge is 0.460 e. The summed E-state index contributed by atoms with van der Waals surface area (Å²) in [6, 6.07) is 15.3. The molecule has 0 bridgehead atoms. The third-order valence-electron chi connectivity index (χ3n) is 7.67. The van der Waals surface area contributed by atoms with Crippen LogP contribution in [0.1, 0.15) is 31.5 Å². The normalized spacial score (nSPS) is 29.1. The number of fused-ring (bicyclic) bond motifs is 1. The van der Waals surface area contributed by atoms with Gasteiger partial charge >= 0.3 is 5.97 Å². The smallest absolute Gasteiger partial charge is 0.332 e. The molecule has 1 N–H and O–H groups in total. The van der Waals surface area contributed by atoms with Gasteiger partial charge < -0.3 is 10.1 Å². The summed E-state index contributed by atoms with van der Waals surface area (Å²) in [6.45, 7) is 5.38. The van der Waals surface area contributed by atoms with Crippen molar-refractivity contribution in [1.29, 1.82) is 0 Å². The van der Waals surface area contributed by atoms with Crippen molar-refractivity contribution in [2.75, 3.05) is 5.32 Å². The average molecular weight is 490 g/mol. The number of alkyl halides is 2. The monoisotopic (exact) mass is 489 g/mol. The van der Waals surface area contributed by atoms with Crippen LogP contribution in [0.4, 0.5) is 14.5 Å². The van der Waals surface area contributed by atoms with E-state index in [1.165, 1.54) is 6.20 Å². The molecule has 0 spiro atoms. The van der Waals surface area contributed by atoms with E-state index in [4.69, 9.17) is 4.74 Å². The SMILES string of the molecule is Cc1ccccc1-c1ccc(/C=C/[C@@H]2[C@@H]3[C@@H](C)OC(=O)[C@]3(Nc3cccnc3)CC(F)(F)[C@H]2C)nc1. The maximum absolute atomic E-state index is 15.4. The number of pyridine rings is 2. The summed E-state index contributed by atoms with van der Waals surface area (Å²) in [5.41, 5.74) is 2.87. The first kappa shape index (κ1) is 24.1. The molecule has 1 aromatic carbocycles. The molecular formula is C29H29F2N3O2. The van der Waals surface area contributed by atoms with Gasteiger partial charge in [-0.15, -0.1) is 0 Å². The first-order valence-electron chi connectivity index (χ1n) is 12.2. The second-order valence-corrected chi connectivity index (χ2v) is 9.92. The van der Waals surface area contributed by atoms with Crippen molar-refractivity contribution in [1.82, 2.24) is 9.97 Å². The molecule has 36 heavy (non-hydrogen) atoms. The number of ether oxygens (including phenoxy) is 1. The minimum Gasteiger partial charge on any atom is -0.460 e. The van der Waals surface area contributed by atoms with E-state index in [-0.39, 0.29) is 0 Å². The number of rotatable bonds is 5. The van der Waals surface area contributed by atoms with Crippen LogP contribution in [0.15, 0.2) is 73.2 Å². The number of aryl methyl sites for hydroxylation is 1. The van der Waals surface area contributed by atoms with Crippen LogP contribution in [0.25, 0.3) is 17.2 Å². The molecule has 7 heteroatoms. The van der Waals surface area contributed by atoms with E-state index in [1.54, 1.807) is 50.5 Å². The number of hydrogen-bond donors (Lipinski definition) is 1. The van der Waals surface area contributed by atoms with Crippen molar-refractivity contribution in [3.05, 3.63) is 84.5 Å². The Hall–Kier alpha value is -3.61. The standard InChI is InChI=1S/C29H29F2N3O2/c1-18-7-4-5-9-24(18)21-10-11-22(33-15-21)12-13-25-19(2)29(30,31)17-28(26(25)20(3)36-27(28)35)34-23-8-6-14-32-16-23/h4-16,19-20,25-26,34H,17H2,1-3H3/b13-12+/t19-,20+,25-,26-,28-/m0/s1. The zero-order valence-corrected chi connectivity index (χ0v) is 20.5. The first-order valence-corrected chi connectivity index (χ1v) is 12.2. The van der Waals surface area contributed by atoms with Crippen LogP contribution in [0.5, 0.6) is 0 Å². The number of anilines is 1. The van der Waals surface area contributed by atoms with Crippen molar-refractivity contribution in [3.63, 3.8) is 0 Å². The van der Waals surface area contributed by atoms with Crippen molar-refractivity contribution in [2.45, 2.75) is 44.8 Å². The van der Waals surface area contributed by atoms with E-state index in [1.807, 2.05) is 43.3 Å². The minimum absolute atomic E-state index is 0.484. The molecule has 2 aromatic heterocycles. The van der Waals surface area contributed by atoms with E-state index in [0.717, 1.165) is 16.7 Å². The Bertz CT molecular complexity index is 1280. The highest BCUT2D eigenvalue weighted by atomic mass is 19.3. The fourth-order valence-corrected chi connectivity index (χ4v) is 5.77. The third kappa shape index (κ3) is 4.16. The summed E-state index contributed by atoms with van der Waals surface area (Å²) in [4.78, 5) is 21.7. The van der Waals surface area contributed by atoms with Gasteiger partial charge in [-0.3, -0.25) is 9.97 Å². The predicted molar refractivity (Wildman–Crippen MR) is 135 cm³/mol. The Balaban J connectivity index is 1.47. The third-order valence-corrected chi connectivity index (χ3v) is 7.67. The van der Waals surface area contributed by atoms with Gasteiger partial charge in [0.2, 0.25) is 0 Å². The van der Waals surface area contributed by atoms with Crippen LogP contribution in [0, 0.1) is 24.7 Å². The van der Waals surface area contributed by atoms with Crippen LogP contribution in [-0.4, -0.2) is 33.5 Å². The second-order valence-electron chi connectivity index (χ2n) is 9.92. The second kappa shape index (κ2) is 9.12. The Morgan fingerprint density at radius 1 is 1.08 bits per heavy atom. The maximum atomic E-state index is 15.4. The number of nitrogens with one attached hydrogen (secondary N) is 1. The number of nitrogens with zero attached hydrogens (tertiary/aromatic N) is 2. The molecule has 1 aliphatic carbocycles. The van der Waals surface area contributed by atoms with E-state index in [9.17, 15) is 4.79 Å². The number of cyclic esters (lactones) is 1. The number of allylic oxidation sites excluding steroid dienone is 1. The Morgan fingerprint density at radius 3 is 2.58 bits per heavy atom. The quantitative estimate of drug-likeness (QED) is 0.434.